The van der Waals surface area contributed by atoms with Gasteiger partial charge in [-0.1, -0.05) is 18.2 Å². The first-order valence-electron chi connectivity index (χ1n) is 9.31. The van der Waals surface area contributed by atoms with Gasteiger partial charge < -0.3 is 9.64 Å². The maximum Gasteiger partial charge on any atom is 0.264 e. The van der Waals surface area contributed by atoms with E-state index in [9.17, 15) is 18.0 Å². The van der Waals surface area contributed by atoms with Gasteiger partial charge in [0.15, 0.2) is 14.6 Å². The Hall–Kier alpha value is -2.91. The molecule has 2 aromatic carbocycles. The van der Waals surface area contributed by atoms with Crippen LogP contribution in [0.5, 0.6) is 5.75 Å². The normalized spacial score (nSPS) is 15.5. The van der Waals surface area contributed by atoms with Crippen LogP contribution in [-0.2, 0) is 21.2 Å². The molecule has 9 heteroatoms. The number of sulfone groups is 1. The molecular weight excluding hydrogens is 408 g/mol. The average molecular weight is 432 g/mol. The summed E-state index contributed by atoms with van der Waals surface area (Å²) in [5.74, 6) is -0.482. The Bertz CT molecular complexity index is 1080. The maximum absolute atomic E-state index is 12.7. The number of nitrogens with zero attached hydrogens (tertiary/aromatic N) is 1. The molecule has 0 saturated heterocycles. The van der Waals surface area contributed by atoms with Gasteiger partial charge in [0.2, 0.25) is 0 Å². The van der Waals surface area contributed by atoms with Crippen LogP contribution in [0, 0.1) is 0 Å². The van der Waals surface area contributed by atoms with E-state index in [0.717, 1.165) is 28.7 Å². The number of carbonyl (C=O) groups is 2. The predicted molar refractivity (Wildman–Crippen MR) is 111 cm³/mol. The molecule has 3 rings (SSSR count). The topological polar surface area (TPSA) is 113 Å². The van der Waals surface area contributed by atoms with Gasteiger partial charge in [-0.05, 0) is 54.3 Å². The van der Waals surface area contributed by atoms with Crippen molar-refractivity contribution >= 4 is 21.7 Å². The number of benzene rings is 2. The summed E-state index contributed by atoms with van der Waals surface area (Å²) in [5.41, 5.74) is 4.74. The lowest BCUT2D eigenvalue weighted by atomic mass is 10.0. The zero-order valence-corrected chi connectivity index (χ0v) is 17.8. The molecule has 0 aliphatic carbocycles. The van der Waals surface area contributed by atoms with Crippen molar-refractivity contribution in [3.63, 3.8) is 0 Å². The van der Waals surface area contributed by atoms with Crippen LogP contribution in [0.3, 0.4) is 0 Å². The van der Waals surface area contributed by atoms with Crippen LogP contribution >= 0.6 is 0 Å². The van der Waals surface area contributed by atoms with Gasteiger partial charge in [0.25, 0.3) is 11.8 Å². The van der Waals surface area contributed by atoms with Crippen LogP contribution in [0.25, 0.3) is 11.1 Å². The Kier molecular flexibility index (Phi) is 5.87. The lowest BCUT2D eigenvalue weighted by molar-refractivity contribution is -0.131. The molecule has 1 atom stereocenters. The Morgan fingerprint density at radius 2 is 1.83 bits per heavy atom. The minimum Gasteiger partial charge on any atom is -0.497 e. The number of ether oxygens (including phenoxy) is 1. The van der Waals surface area contributed by atoms with Crippen molar-refractivity contribution in [3.8, 4) is 16.9 Å². The molecule has 1 heterocycles. The van der Waals surface area contributed by atoms with E-state index in [0.29, 0.717) is 12.1 Å². The Labute approximate surface area is 175 Å². The highest BCUT2D eigenvalue weighted by molar-refractivity contribution is 7.92. The highest BCUT2D eigenvalue weighted by Gasteiger charge is 2.44. The first kappa shape index (κ1) is 21.8. The molecule has 0 saturated carbocycles. The molecule has 2 aromatic rings. The Morgan fingerprint density at radius 3 is 2.40 bits per heavy atom. The third-order valence-electron chi connectivity index (χ3n) is 5.67. The van der Waals surface area contributed by atoms with Crippen molar-refractivity contribution in [3.05, 3.63) is 53.6 Å². The van der Waals surface area contributed by atoms with Gasteiger partial charge in [0.1, 0.15) is 5.75 Å². The number of rotatable bonds is 7. The van der Waals surface area contributed by atoms with Gasteiger partial charge >= 0.3 is 0 Å². The number of hydrogen-bond acceptors (Lipinski definition) is 6. The molecule has 1 aliphatic rings. The maximum atomic E-state index is 12.7. The third kappa shape index (κ3) is 3.90. The Morgan fingerprint density at radius 1 is 1.20 bits per heavy atom. The summed E-state index contributed by atoms with van der Waals surface area (Å²) in [6, 6.07) is 13.1. The van der Waals surface area contributed by atoms with Gasteiger partial charge in [0.05, 0.1) is 7.11 Å². The molecular formula is C21H24N2O6S. The minimum absolute atomic E-state index is 0.0579. The fourth-order valence-corrected chi connectivity index (χ4v) is 4.30. The molecule has 0 fully saturated rings. The van der Waals surface area contributed by atoms with E-state index < -0.39 is 20.5 Å². The van der Waals surface area contributed by atoms with Crippen molar-refractivity contribution in [1.82, 2.24) is 10.4 Å². The first-order valence-corrected chi connectivity index (χ1v) is 11.2. The van der Waals surface area contributed by atoms with Crippen molar-refractivity contribution in [2.45, 2.75) is 24.6 Å². The Balaban J connectivity index is 1.79. The molecule has 0 spiro atoms. The highest BCUT2D eigenvalue weighted by atomic mass is 32.2. The largest absolute Gasteiger partial charge is 0.497 e. The number of fused-ring (bicyclic) bond motifs is 1. The summed E-state index contributed by atoms with van der Waals surface area (Å²) in [6.07, 6.45) is 0.799. The van der Waals surface area contributed by atoms with E-state index in [1.165, 1.54) is 17.3 Å². The zero-order chi connectivity index (χ0) is 22.1. The van der Waals surface area contributed by atoms with Gasteiger partial charge in [-0.15, -0.1) is 0 Å². The summed E-state index contributed by atoms with van der Waals surface area (Å²) < 4.78 is 27.6. The standard InChI is InChI=1S/C21H24N2O6S/c1-21(20(25)22-26,30(3,27)28)10-11-23-13-16-12-15(6-9-18(16)19(23)24)14-4-7-17(29-2)8-5-14/h4-9,12,26H,10-11,13H2,1-3H3,(H,22,25). The molecule has 8 nitrogen and oxygen atoms in total. The van der Waals surface area contributed by atoms with Crippen molar-refractivity contribution in [2.24, 2.45) is 0 Å². The molecule has 30 heavy (non-hydrogen) atoms. The number of carbonyl (C=O) groups excluding carboxylic acids is 2. The molecule has 160 valence electrons. The van der Waals surface area contributed by atoms with Crippen LogP contribution in [0.4, 0.5) is 0 Å². The molecule has 2 N–H and O–H groups in total. The van der Waals surface area contributed by atoms with E-state index in [1.54, 1.807) is 13.2 Å². The van der Waals surface area contributed by atoms with Crippen molar-refractivity contribution < 1.29 is 28.0 Å². The van der Waals surface area contributed by atoms with Crippen LogP contribution in [-0.4, -0.2) is 55.0 Å². The van der Waals surface area contributed by atoms with Crippen molar-refractivity contribution in [1.29, 1.82) is 0 Å². The lowest BCUT2D eigenvalue weighted by Crippen LogP contribution is -2.50. The van der Waals surface area contributed by atoms with Crippen molar-refractivity contribution in [2.75, 3.05) is 19.9 Å². The summed E-state index contributed by atoms with van der Waals surface area (Å²) in [4.78, 5) is 26.2. The molecule has 0 aromatic heterocycles. The number of hydroxylamine groups is 1. The van der Waals surface area contributed by atoms with Gasteiger partial charge in [0, 0.05) is 24.9 Å². The summed E-state index contributed by atoms with van der Waals surface area (Å²) in [6.45, 7) is 1.62. The fraction of sp³-hybridized carbons (Fsp3) is 0.333. The summed E-state index contributed by atoms with van der Waals surface area (Å²) in [5, 5.41) is 8.94. The molecule has 0 radical (unpaired) electrons. The van der Waals surface area contributed by atoms with Gasteiger partial charge in [-0.2, -0.15) is 0 Å². The van der Waals surface area contributed by atoms with Crippen LogP contribution in [0.1, 0.15) is 29.3 Å². The predicted octanol–water partition coefficient (Wildman–Crippen LogP) is 2.02. The fourth-order valence-electron chi connectivity index (χ4n) is 3.46. The van der Waals surface area contributed by atoms with E-state index in [2.05, 4.69) is 0 Å². The van der Waals surface area contributed by atoms with Gasteiger partial charge in [-0.3, -0.25) is 14.8 Å². The monoisotopic (exact) mass is 432 g/mol. The molecule has 0 bridgehead atoms. The highest BCUT2D eigenvalue weighted by Crippen LogP contribution is 2.31. The first-order chi connectivity index (χ1) is 14.1. The van der Waals surface area contributed by atoms with Crippen LogP contribution in [0.15, 0.2) is 42.5 Å². The van der Waals surface area contributed by atoms with Crippen LogP contribution < -0.4 is 10.2 Å². The number of methoxy groups -OCH3 is 1. The quantitative estimate of drug-likeness (QED) is 0.511. The van der Waals surface area contributed by atoms with E-state index >= 15 is 0 Å². The van der Waals surface area contributed by atoms with Gasteiger partial charge in [-0.25, -0.2) is 13.9 Å². The van der Waals surface area contributed by atoms with E-state index in [1.807, 2.05) is 36.4 Å². The molecule has 1 unspecified atom stereocenters. The SMILES string of the molecule is COc1ccc(-c2ccc3c(c2)CN(CCC(C)(C(=O)NO)S(C)(=O)=O)C3=O)cc1. The summed E-state index contributed by atoms with van der Waals surface area (Å²) >= 11 is 0. The third-order valence-corrected chi connectivity index (χ3v) is 7.69. The minimum atomic E-state index is -3.82. The second-order valence-electron chi connectivity index (χ2n) is 7.52. The summed E-state index contributed by atoms with van der Waals surface area (Å²) in [7, 11) is -2.22. The van der Waals surface area contributed by atoms with E-state index in [-0.39, 0.29) is 18.9 Å². The smallest absolute Gasteiger partial charge is 0.264 e. The number of amides is 2. The van der Waals surface area contributed by atoms with Crippen LogP contribution in [0.2, 0.25) is 0 Å². The lowest BCUT2D eigenvalue weighted by Gasteiger charge is -2.27. The molecule has 2 amide bonds. The number of nitrogens with one attached hydrogen (secondary N) is 1. The number of hydrogen-bond donors (Lipinski definition) is 2. The average Bonchev–Trinajstić information content (AvgIpc) is 3.05. The second-order valence-corrected chi connectivity index (χ2v) is 9.97. The zero-order valence-electron chi connectivity index (χ0n) is 17.0. The molecule has 1 aliphatic heterocycles. The van der Waals surface area contributed by atoms with E-state index in [4.69, 9.17) is 9.94 Å². The second kappa shape index (κ2) is 8.08.